The van der Waals surface area contributed by atoms with Crippen molar-refractivity contribution in [1.29, 1.82) is 0 Å². The maximum Gasteiger partial charge on any atom is 0.243 e. The molecule has 7 heteroatoms. The van der Waals surface area contributed by atoms with Gasteiger partial charge in [-0.1, -0.05) is 6.92 Å². The van der Waals surface area contributed by atoms with Gasteiger partial charge in [0.05, 0.1) is 11.5 Å². The zero-order valence-electron chi connectivity index (χ0n) is 11.8. The molecule has 0 aliphatic carbocycles. The van der Waals surface area contributed by atoms with Crippen LogP contribution in [0.2, 0.25) is 0 Å². The zero-order valence-corrected chi connectivity index (χ0v) is 13.5. The van der Waals surface area contributed by atoms with Gasteiger partial charge < -0.3 is 10.1 Å². The number of nitrogens with zero attached hydrogens (tertiary/aromatic N) is 1. The first-order valence-corrected chi connectivity index (χ1v) is 8.50. The lowest BCUT2D eigenvalue weighted by molar-refractivity contribution is 0.149. The molecule has 0 aromatic carbocycles. The van der Waals surface area contributed by atoms with Gasteiger partial charge in [0.25, 0.3) is 0 Å². The number of ether oxygens (including phenoxy) is 1. The second-order valence-electron chi connectivity index (χ2n) is 4.35. The van der Waals surface area contributed by atoms with Gasteiger partial charge in [-0.2, -0.15) is 4.31 Å². The molecule has 0 bridgehead atoms. The van der Waals surface area contributed by atoms with Crippen LogP contribution in [0.5, 0.6) is 0 Å². The molecule has 1 unspecified atom stereocenters. The summed E-state index contributed by atoms with van der Waals surface area (Å²) in [6, 6.07) is 1.55. The average Bonchev–Trinajstić information content (AvgIpc) is 2.85. The summed E-state index contributed by atoms with van der Waals surface area (Å²) in [7, 11) is -0.279. The van der Waals surface area contributed by atoms with Crippen molar-refractivity contribution in [2.24, 2.45) is 0 Å². The van der Waals surface area contributed by atoms with E-state index in [4.69, 9.17) is 4.74 Å². The minimum absolute atomic E-state index is 0.188. The maximum atomic E-state index is 12.4. The molecule has 1 N–H and O–H groups in total. The summed E-state index contributed by atoms with van der Waals surface area (Å²) in [5, 5.41) is 4.88. The number of methoxy groups -OCH3 is 1. The highest BCUT2D eigenvalue weighted by Crippen LogP contribution is 2.23. The molecule has 1 heterocycles. The van der Waals surface area contributed by atoms with E-state index in [-0.39, 0.29) is 6.04 Å². The molecule has 1 aromatic rings. The summed E-state index contributed by atoms with van der Waals surface area (Å²) >= 11 is 1.46. The number of sulfonamides is 1. The van der Waals surface area contributed by atoms with Crippen molar-refractivity contribution in [2.75, 3.05) is 27.3 Å². The van der Waals surface area contributed by atoms with Gasteiger partial charge >= 0.3 is 0 Å². The minimum Gasteiger partial charge on any atom is -0.383 e. The van der Waals surface area contributed by atoms with Gasteiger partial charge in [0, 0.05) is 37.0 Å². The Morgan fingerprint density at radius 1 is 1.53 bits per heavy atom. The fourth-order valence-corrected chi connectivity index (χ4v) is 4.17. The van der Waals surface area contributed by atoms with Gasteiger partial charge in [-0.3, -0.25) is 0 Å². The topological polar surface area (TPSA) is 58.6 Å². The number of likely N-dealkylation sites (N-methyl/N-ethyl adjacent to an activating group) is 1. The van der Waals surface area contributed by atoms with E-state index in [1.165, 1.54) is 15.6 Å². The van der Waals surface area contributed by atoms with Crippen LogP contribution in [0.25, 0.3) is 0 Å². The summed E-state index contributed by atoms with van der Waals surface area (Å²) < 4.78 is 31.1. The highest BCUT2D eigenvalue weighted by Gasteiger charge is 2.26. The monoisotopic (exact) mass is 306 g/mol. The lowest BCUT2D eigenvalue weighted by Gasteiger charge is -2.22. The second-order valence-corrected chi connectivity index (χ2v) is 7.35. The Labute approximate surface area is 119 Å². The van der Waals surface area contributed by atoms with Crippen molar-refractivity contribution < 1.29 is 13.2 Å². The molecule has 0 aliphatic rings. The molecular formula is C12H22N2O3S2. The van der Waals surface area contributed by atoms with Crippen LogP contribution < -0.4 is 5.32 Å². The molecule has 0 aliphatic heterocycles. The molecule has 0 saturated carbocycles. The number of rotatable bonds is 8. The Hall–Kier alpha value is -0.470. The van der Waals surface area contributed by atoms with Crippen LogP contribution in [0.3, 0.4) is 0 Å². The highest BCUT2D eigenvalue weighted by atomic mass is 32.2. The lowest BCUT2D eigenvalue weighted by Crippen LogP contribution is -2.37. The molecule has 0 amide bonds. The Kier molecular flexibility index (Phi) is 6.41. The molecule has 1 atom stereocenters. The largest absolute Gasteiger partial charge is 0.383 e. The van der Waals surface area contributed by atoms with Crippen LogP contribution in [0.1, 0.15) is 18.7 Å². The first kappa shape index (κ1) is 16.6. The molecule has 1 aromatic heterocycles. The molecule has 0 radical (unpaired) electrons. The number of thiophene rings is 1. The van der Waals surface area contributed by atoms with E-state index >= 15 is 0 Å². The van der Waals surface area contributed by atoms with E-state index in [0.29, 0.717) is 18.0 Å². The van der Waals surface area contributed by atoms with E-state index in [9.17, 15) is 8.42 Å². The average molecular weight is 306 g/mol. The third-order valence-corrected chi connectivity index (χ3v) is 5.92. The molecule has 0 fully saturated rings. The molecule has 5 nitrogen and oxygen atoms in total. The minimum atomic E-state index is -3.43. The highest BCUT2D eigenvalue weighted by molar-refractivity contribution is 7.89. The maximum absolute atomic E-state index is 12.4. The molecule has 1 rings (SSSR count). The Morgan fingerprint density at radius 3 is 2.79 bits per heavy atom. The molecule has 0 spiro atoms. The second kappa shape index (κ2) is 7.35. The first-order chi connectivity index (χ1) is 8.93. The van der Waals surface area contributed by atoms with Crippen LogP contribution in [0.15, 0.2) is 16.3 Å². The van der Waals surface area contributed by atoms with Crippen LogP contribution >= 0.6 is 11.3 Å². The predicted octanol–water partition coefficient (Wildman–Crippen LogP) is 1.51. The van der Waals surface area contributed by atoms with Crippen LogP contribution in [-0.4, -0.2) is 46.1 Å². The van der Waals surface area contributed by atoms with Gasteiger partial charge in [0.15, 0.2) is 0 Å². The Bertz CT molecular complexity index is 485. The van der Waals surface area contributed by atoms with Gasteiger partial charge in [0.2, 0.25) is 10.0 Å². The van der Waals surface area contributed by atoms with E-state index < -0.39 is 10.0 Å². The van der Waals surface area contributed by atoms with Crippen LogP contribution in [0, 0.1) is 0 Å². The van der Waals surface area contributed by atoms with Crippen molar-refractivity contribution >= 4 is 21.4 Å². The van der Waals surface area contributed by atoms with E-state index in [1.807, 2.05) is 13.8 Å². The predicted molar refractivity (Wildman–Crippen MR) is 78.0 cm³/mol. The standard InChI is InChI=1S/C12H22N2O3S2/c1-5-13-7-11-6-12(9-18-11)19(15,16)14(3)10(2)8-17-4/h6,9-10,13H,5,7-8H2,1-4H3. The van der Waals surface area contributed by atoms with Crippen molar-refractivity contribution in [3.8, 4) is 0 Å². The lowest BCUT2D eigenvalue weighted by atomic mass is 10.4. The van der Waals surface area contributed by atoms with Gasteiger partial charge in [-0.15, -0.1) is 11.3 Å². The number of hydrogen-bond donors (Lipinski definition) is 1. The van der Waals surface area contributed by atoms with Crippen molar-refractivity contribution in [3.63, 3.8) is 0 Å². The molecule has 0 saturated heterocycles. The molecular weight excluding hydrogens is 284 g/mol. The fraction of sp³-hybridized carbons (Fsp3) is 0.667. The Balaban J connectivity index is 2.84. The van der Waals surface area contributed by atoms with E-state index in [2.05, 4.69) is 5.32 Å². The molecule has 110 valence electrons. The SMILES string of the molecule is CCNCc1cc(S(=O)(=O)N(C)C(C)COC)cs1. The van der Waals surface area contributed by atoms with Crippen molar-refractivity contribution in [1.82, 2.24) is 9.62 Å². The summed E-state index contributed by atoms with van der Waals surface area (Å²) in [5.74, 6) is 0. The van der Waals surface area contributed by atoms with Gasteiger partial charge in [-0.05, 0) is 19.5 Å². The number of hydrogen-bond acceptors (Lipinski definition) is 5. The summed E-state index contributed by atoms with van der Waals surface area (Å²) in [6.07, 6.45) is 0. The fourth-order valence-electron chi connectivity index (χ4n) is 1.59. The normalized spacial score (nSPS) is 13.9. The number of nitrogens with one attached hydrogen (secondary N) is 1. The summed E-state index contributed by atoms with van der Waals surface area (Å²) in [6.45, 7) is 5.79. The Morgan fingerprint density at radius 2 is 2.21 bits per heavy atom. The first-order valence-electron chi connectivity index (χ1n) is 6.18. The summed E-state index contributed by atoms with van der Waals surface area (Å²) in [5.41, 5.74) is 0. The van der Waals surface area contributed by atoms with E-state index in [1.54, 1.807) is 25.6 Å². The third kappa shape index (κ3) is 4.25. The zero-order chi connectivity index (χ0) is 14.5. The van der Waals surface area contributed by atoms with Crippen molar-refractivity contribution in [2.45, 2.75) is 31.3 Å². The molecule has 19 heavy (non-hydrogen) atoms. The van der Waals surface area contributed by atoms with Crippen molar-refractivity contribution in [3.05, 3.63) is 16.3 Å². The quantitative estimate of drug-likeness (QED) is 0.791. The van der Waals surface area contributed by atoms with Gasteiger partial charge in [-0.25, -0.2) is 8.42 Å². The third-order valence-electron chi connectivity index (χ3n) is 2.88. The van der Waals surface area contributed by atoms with Gasteiger partial charge in [0.1, 0.15) is 0 Å². The smallest absolute Gasteiger partial charge is 0.243 e. The van der Waals surface area contributed by atoms with E-state index in [0.717, 1.165) is 11.4 Å². The summed E-state index contributed by atoms with van der Waals surface area (Å²) in [4.78, 5) is 1.38. The van der Waals surface area contributed by atoms with Crippen LogP contribution in [0.4, 0.5) is 0 Å². The van der Waals surface area contributed by atoms with Crippen LogP contribution in [-0.2, 0) is 21.3 Å².